The molecule has 0 spiro atoms. The number of nitrogens with zero attached hydrogens (tertiary/aromatic N) is 2. The molecule has 2 fully saturated rings. The maximum absolute atomic E-state index is 12.4. The SMILES string of the molecule is O=C1CC(C(=O)N2CCCS2(=O)=O)CN1Cc1ccccc1. The van der Waals surface area contributed by atoms with E-state index >= 15 is 0 Å². The van der Waals surface area contributed by atoms with E-state index in [1.54, 1.807) is 4.90 Å². The first-order chi connectivity index (χ1) is 10.5. The molecule has 0 saturated carbocycles. The Hall–Kier alpha value is -1.89. The van der Waals surface area contributed by atoms with Gasteiger partial charge < -0.3 is 4.90 Å². The van der Waals surface area contributed by atoms with E-state index in [1.165, 1.54) is 0 Å². The molecule has 7 heteroatoms. The van der Waals surface area contributed by atoms with E-state index in [0.717, 1.165) is 9.87 Å². The Morgan fingerprint density at radius 3 is 2.59 bits per heavy atom. The van der Waals surface area contributed by atoms with Gasteiger partial charge in [0, 0.05) is 26.1 Å². The summed E-state index contributed by atoms with van der Waals surface area (Å²) in [7, 11) is -3.46. The van der Waals surface area contributed by atoms with Crippen LogP contribution in [0, 0.1) is 5.92 Å². The second kappa shape index (κ2) is 5.72. The summed E-state index contributed by atoms with van der Waals surface area (Å²) in [6.07, 6.45) is 0.570. The molecule has 2 aliphatic rings. The van der Waals surface area contributed by atoms with E-state index in [0.29, 0.717) is 19.5 Å². The van der Waals surface area contributed by atoms with Gasteiger partial charge in [-0.2, -0.15) is 0 Å². The third-order valence-electron chi connectivity index (χ3n) is 4.13. The van der Waals surface area contributed by atoms with Gasteiger partial charge in [-0.3, -0.25) is 9.59 Å². The molecule has 3 rings (SSSR count). The second-order valence-corrected chi connectivity index (χ2v) is 7.75. The van der Waals surface area contributed by atoms with Gasteiger partial charge in [-0.1, -0.05) is 30.3 Å². The zero-order chi connectivity index (χ0) is 15.7. The van der Waals surface area contributed by atoms with Crippen LogP contribution >= 0.6 is 0 Å². The minimum atomic E-state index is -3.46. The first kappa shape index (κ1) is 15.0. The van der Waals surface area contributed by atoms with Crippen molar-refractivity contribution in [2.75, 3.05) is 18.8 Å². The molecule has 2 saturated heterocycles. The van der Waals surface area contributed by atoms with Crippen LogP contribution in [0.15, 0.2) is 30.3 Å². The van der Waals surface area contributed by atoms with Crippen LogP contribution in [-0.4, -0.2) is 48.3 Å². The van der Waals surface area contributed by atoms with Gasteiger partial charge in [0.2, 0.25) is 21.8 Å². The fourth-order valence-electron chi connectivity index (χ4n) is 2.98. The normalized spacial score (nSPS) is 24.0. The number of likely N-dealkylation sites (tertiary alicyclic amines) is 1. The number of carbonyl (C=O) groups excluding carboxylic acids is 2. The number of benzene rings is 1. The van der Waals surface area contributed by atoms with Crippen molar-refractivity contribution in [3.05, 3.63) is 35.9 Å². The molecule has 1 atom stereocenters. The Balaban J connectivity index is 1.68. The highest BCUT2D eigenvalue weighted by Gasteiger charge is 2.41. The molecular formula is C15H18N2O4S. The summed E-state index contributed by atoms with van der Waals surface area (Å²) in [6.45, 7) is 0.985. The van der Waals surface area contributed by atoms with Crippen molar-refractivity contribution >= 4 is 21.8 Å². The summed E-state index contributed by atoms with van der Waals surface area (Å²) < 4.78 is 24.6. The average molecular weight is 322 g/mol. The lowest BCUT2D eigenvalue weighted by Gasteiger charge is -2.20. The van der Waals surface area contributed by atoms with Crippen LogP contribution in [0.3, 0.4) is 0 Å². The third-order valence-corrected chi connectivity index (χ3v) is 5.96. The first-order valence-corrected chi connectivity index (χ1v) is 8.94. The van der Waals surface area contributed by atoms with Gasteiger partial charge in [0.15, 0.2) is 0 Å². The maximum Gasteiger partial charge on any atom is 0.241 e. The van der Waals surface area contributed by atoms with Crippen LogP contribution in [0.2, 0.25) is 0 Å². The van der Waals surface area contributed by atoms with Gasteiger partial charge in [-0.25, -0.2) is 12.7 Å². The number of rotatable bonds is 3. The summed E-state index contributed by atoms with van der Waals surface area (Å²) in [5.74, 6) is -1.06. The monoisotopic (exact) mass is 322 g/mol. The van der Waals surface area contributed by atoms with Gasteiger partial charge in [-0.05, 0) is 12.0 Å². The first-order valence-electron chi connectivity index (χ1n) is 7.33. The van der Waals surface area contributed by atoms with Crippen LogP contribution < -0.4 is 0 Å². The molecule has 0 aliphatic carbocycles. The summed E-state index contributed by atoms with van der Waals surface area (Å²) >= 11 is 0. The topological polar surface area (TPSA) is 74.8 Å². The van der Waals surface area contributed by atoms with Crippen LogP contribution in [-0.2, 0) is 26.2 Å². The summed E-state index contributed by atoms with van der Waals surface area (Å²) in [5.41, 5.74) is 0.998. The summed E-state index contributed by atoms with van der Waals surface area (Å²) in [6, 6.07) is 9.55. The molecule has 1 aromatic rings. The van der Waals surface area contributed by atoms with E-state index < -0.39 is 21.8 Å². The minimum Gasteiger partial charge on any atom is -0.338 e. The van der Waals surface area contributed by atoms with E-state index in [-0.39, 0.29) is 24.6 Å². The van der Waals surface area contributed by atoms with Crippen molar-refractivity contribution in [1.82, 2.24) is 9.21 Å². The van der Waals surface area contributed by atoms with Crippen molar-refractivity contribution in [3.63, 3.8) is 0 Å². The van der Waals surface area contributed by atoms with Gasteiger partial charge in [0.1, 0.15) is 0 Å². The summed E-state index contributed by atoms with van der Waals surface area (Å²) in [5, 5.41) is 0. The van der Waals surface area contributed by atoms with E-state index in [2.05, 4.69) is 0 Å². The van der Waals surface area contributed by atoms with Gasteiger partial charge in [0.05, 0.1) is 11.7 Å². The van der Waals surface area contributed by atoms with Crippen molar-refractivity contribution in [1.29, 1.82) is 0 Å². The third kappa shape index (κ3) is 2.85. The molecule has 0 N–H and O–H groups in total. The number of sulfonamides is 1. The van der Waals surface area contributed by atoms with Crippen molar-refractivity contribution < 1.29 is 18.0 Å². The lowest BCUT2D eigenvalue weighted by Crippen LogP contribution is -2.38. The van der Waals surface area contributed by atoms with Crippen LogP contribution in [0.1, 0.15) is 18.4 Å². The fourth-order valence-corrected chi connectivity index (χ4v) is 4.53. The molecule has 1 unspecified atom stereocenters. The second-order valence-electron chi connectivity index (χ2n) is 5.74. The molecule has 118 valence electrons. The zero-order valence-electron chi connectivity index (χ0n) is 12.1. The quantitative estimate of drug-likeness (QED) is 0.816. The van der Waals surface area contributed by atoms with Crippen molar-refractivity contribution in [2.24, 2.45) is 5.92 Å². The number of carbonyl (C=O) groups is 2. The molecule has 0 radical (unpaired) electrons. The Labute approximate surface area is 129 Å². The van der Waals surface area contributed by atoms with E-state index in [4.69, 9.17) is 0 Å². The highest BCUT2D eigenvalue weighted by molar-refractivity contribution is 7.89. The molecule has 0 bridgehead atoms. The van der Waals surface area contributed by atoms with Crippen LogP contribution in [0.4, 0.5) is 0 Å². The zero-order valence-corrected chi connectivity index (χ0v) is 13.0. The van der Waals surface area contributed by atoms with E-state index in [1.807, 2.05) is 30.3 Å². The van der Waals surface area contributed by atoms with Gasteiger partial charge in [-0.15, -0.1) is 0 Å². The van der Waals surface area contributed by atoms with Gasteiger partial charge in [0.25, 0.3) is 0 Å². The Bertz CT molecular complexity index is 687. The molecule has 22 heavy (non-hydrogen) atoms. The highest BCUT2D eigenvalue weighted by atomic mass is 32.2. The number of hydrogen-bond acceptors (Lipinski definition) is 4. The van der Waals surface area contributed by atoms with E-state index in [9.17, 15) is 18.0 Å². The molecule has 2 aliphatic heterocycles. The van der Waals surface area contributed by atoms with Crippen LogP contribution in [0.25, 0.3) is 0 Å². The average Bonchev–Trinajstić information content (AvgIpc) is 3.02. The predicted molar refractivity (Wildman–Crippen MR) is 80.1 cm³/mol. The fraction of sp³-hybridized carbons (Fsp3) is 0.467. The maximum atomic E-state index is 12.4. The molecule has 2 amide bonds. The number of hydrogen-bond donors (Lipinski definition) is 0. The smallest absolute Gasteiger partial charge is 0.241 e. The standard InChI is InChI=1S/C15H18N2O4S/c18-14-9-13(15(19)17-7-4-8-22(17,20)21)11-16(14)10-12-5-2-1-3-6-12/h1-3,5-6,13H,4,7-11H2. The molecule has 0 aromatic heterocycles. The largest absolute Gasteiger partial charge is 0.338 e. The lowest BCUT2D eigenvalue weighted by atomic mass is 10.1. The Kier molecular flexibility index (Phi) is 3.90. The number of amides is 2. The lowest BCUT2D eigenvalue weighted by molar-refractivity contribution is -0.131. The highest BCUT2D eigenvalue weighted by Crippen LogP contribution is 2.25. The molecule has 6 nitrogen and oxygen atoms in total. The summed E-state index contributed by atoms with van der Waals surface area (Å²) in [4.78, 5) is 26.1. The van der Waals surface area contributed by atoms with Crippen molar-refractivity contribution in [3.8, 4) is 0 Å². The Morgan fingerprint density at radius 2 is 1.95 bits per heavy atom. The Morgan fingerprint density at radius 1 is 1.23 bits per heavy atom. The molecular weight excluding hydrogens is 304 g/mol. The van der Waals surface area contributed by atoms with Crippen molar-refractivity contribution in [2.45, 2.75) is 19.4 Å². The minimum absolute atomic E-state index is 0.0210. The van der Waals surface area contributed by atoms with Gasteiger partial charge >= 0.3 is 0 Å². The molecule has 1 aromatic carbocycles. The molecule has 2 heterocycles. The van der Waals surface area contributed by atoms with Crippen LogP contribution in [0.5, 0.6) is 0 Å². The predicted octanol–water partition coefficient (Wildman–Crippen LogP) is 0.597.